The van der Waals surface area contributed by atoms with Crippen molar-refractivity contribution in [3.8, 4) is 0 Å². The van der Waals surface area contributed by atoms with Crippen molar-refractivity contribution in [2.45, 2.75) is 45.1 Å². The molecule has 1 heterocycles. The first-order valence-corrected chi connectivity index (χ1v) is 8.22. The van der Waals surface area contributed by atoms with Crippen LogP contribution in [0.1, 0.15) is 39.0 Å². The van der Waals surface area contributed by atoms with Crippen LogP contribution >= 0.6 is 0 Å². The molecule has 1 aliphatic heterocycles. The molecule has 1 saturated carbocycles. The molecular formula is C12H22O3S. The van der Waals surface area contributed by atoms with Gasteiger partial charge in [0.2, 0.25) is 0 Å². The van der Waals surface area contributed by atoms with Crippen molar-refractivity contribution in [2.24, 2.45) is 17.8 Å². The first-order chi connectivity index (χ1) is 7.52. The van der Waals surface area contributed by atoms with Gasteiger partial charge in [0.15, 0.2) is 9.84 Å². The average Bonchev–Trinajstić information content (AvgIpc) is 2.59. The van der Waals surface area contributed by atoms with E-state index in [4.69, 9.17) is 0 Å². The molecule has 0 aromatic heterocycles. The molecular weight excluding hydrogens is 224 g/mol. The van der Waals surface area contributed by atoms with Gasteiger partial charge in [-0.15, -0.1) is 0 Å². The average molecular weight is 246 g/mol. The van der Waals surface area contributed by atoms with Gasteiger partial charge in [-0.2, -0.15) is 0 Å². The van der Waals surface area contributed by atoms with Crippen LogP contribution in [0.2, 0.25) is 0 Å². The van der Waals surface area contributed by atoms with Gasteiger partial charge in [-0.25, -0.2) is 8.42 Å². The van der Waals surface area contributed by atoms with Crippen LogP contribution < -0.4 is 0 Å². The van der Waals surface area contributed by atoms with E-state index in [-0.39, 0.29) is 17.9 Å². The zero-order chi connectivity index (χ0) is 11.8. The predicted octanol–water partition coefficient (Wildman–Crippen LogP) is 1.61. The first kappa shape index (κ1) is 12.4. The van der Waals surface area contributed by atoms with Crippen LogP contribution in [0, 0.1) is 17.8 Å². The summed E-state index contributed by atoms with van der Waals surface area (Å²) in [4.78, 5) is 0. The van der Waals surface area contributed by atoms with Gasteiger partial charge in [0.1, 0.15) is 0 Å². The van der Waals surface area contributed by atoms with Crippen molar-refractivity contribution < 1.29 is 13.5 Å². The Morgan fingerprint density at radius 3 is 2.56 bits per heavy atom. The molecule has 2 rings (SSSR count). The molecule has 0 radical (unpaired) electrons. The summed E-state index contributed by atoms with van der Waals surface area (Å²) in [7, 11) is -2.80. The molecule has 1 saturated heterocycles. The van der Waals surface area contributed by atoms with Crippen LogP contribution in [0.25, 0.3) is 0 Å². The molecule has 1 N–H and O–H groups in total. The highest BCUT2D eigenvalue weighted by Gasteiger charge is 2.39. The predicted molar refractivity (Wildman–Crippen MR) is 63.9 cm³/mol. The highest BCUT2D eigenvalue weighted by atomic mass is 32.2. The van der Waals surface area contributed by atoms with E-state index >= 15 is 0 Å². The fourth-order valence-corrected chi connectivity index (χ4v) is 5.21. The number of aliphatic hydroxyl groups is 1. The molecule has 0 bridgehead atoms. The number of hydrogen-bond donors (Lipinski definition) is 1. The Balaban J connectivity index is 2.02. The van der Waals surface area contributed by atoms with Gasteiger partial charge in [-0.3, -0.25) is 0 Å². The zero-order valence-electron chi connectivity index (χ0n) is 9.93. The molecule has 1 aliphatic carbocycles. The Hall–Kier alpha value is -0.0900. The monoisotopic (exact) mass is 246 g/mol. The quantitative estimate of drug-likeness (QED) is 0.805. The van der Waals surface area contributed by atoms with E-state index in [0.717, 1.165) is 32.1 Å². The number of hydrogen-bond acceptors (Lipinski definition) is 3. The Bertz CT molecular complexity index is 336. The maximum absolute atomic E-state index is 11.5. The standard InChI is InChI=1S/C12H22O3S/c1-2-9-3-4-12(13)11(7-9)10-5-6-16(14,15)8-10/h9-13H,2-8H2,1H3. The second-order valence-electron chi connectivity index (χ2n) is 5.48. The summed E-state index contributed by atoms with van der Waals surface area (Å²) in [6, 6.07) is 0. The fraction of sp³-hybridized carbons (Fsp3) is 1.00. The number of sulfone groups is 1. The molecule has 94 valence electrons. The summed E-state index contributed by atoms with van der Waals surface area (Å²) in [6.45, 7) is 2.19. The van der Waals surface area contributed by atoms with Crippen LogP contribution in [-0.2, 0) is 9.84 Å². The third-order valence-corrected chi connectivity index (χ3v) is 6.21. The second-order valence-corrected chi connectivity index (χ2v) is 7.71. The molecule has 2 fully saturated rings. The van der Waals surface area contributed by atoms with Crippen LogP contribution in [0.4, 0.5) is 0 Å². The van der Waals surface area contributed by atoms with Gasteiger partial charge in [0, 0.05) is 0 Å². The Labute approximate surface area is 98.2 Å². The van der Waals surface area contributed by atoms with Gasteiger partial charge < -0.3 is 5.11 Å². The smallest absolute Gasteiger partial charge is 0.150 e. The van der Waals surface area contributed by atoms with E-state index in [1.165, 1.54) is 0 Å². The summed E-state index contributed by atoms with van der Waals surface area (Å²) in [6.07, 6.45) is 4.65. The topological polar surface area (TPSA) is 54.4 Å². The molecule has 2 aliphatic rings. The third kappa shape index (κ3) is 2.59. The van der Waals surface area contributed by atoms with E-state index in [2.05, 4.69) is 6.92 Å². The molecule has 0 aromatic carbocycles. The minimum atomic E-state index is -2.80. The van der Waals surface area contributed by atoms with Gasteiger partial charge in [-0.05, 0) is 43.4 Å². The lowest BCUT2D eigenvalue weighted by atomic mass is 9.72. The molecule has 3 nitrogen and oxygen atoms in total. The molecule has 16 heavy (non-hydrogen) atoms. The van der Waals surface area contributed by atoms with Crippen molar-refractivity contribution in [3.63, 3.8) is 0 Å². The van der Waals surface area contributed by atoms with Gasteiger partial charge >= 0.3 is 0 Å². The van der Waals surface area contributed by atoms with Crippen molar-refractivity contribution in [2.75, 3.05) is 11.5 Å². The molecule has 4 unspecified atom stereocenters. The second kappa shape index (κ2) is 4.65. The largest absolute Gasteiger partial charge is 0.393 e. The van der Waals surface area contributed by atoms with Crippen molar-refractivity contribution >= 4 is 9.84 Å². The minimum Gasteiger partial charge on any atom is -0.393 e. The van der Waals surface area contributed by atoms with E-state index < -0.39 is 9.84 Å². The lowest BCUT2D eigenvalue weighted by Gasteiger charge is -2.36. The molecule has 0 amide bonds. The van der Waals surface area contributed by atoms with Crippen molar-refractivity contribution in [1.29, 1.82) is 0 Å². The molecule has 4 heteroatoms. The lowest BCUT2D eigenvalue weighted by Crippen LogP contribution is -2.34. The van der Waals surface area contributed by atoms with Gasteiger partial charge in [0.05, 0.1) is 17.6 Å². The lowest BCUT2D eigenvalue weighted by molar-refractivity contribution is 0.0217. The van der Waals surface area contributed by atoms with Gasteiger partial charge in [0.25, 0.3) is 0 Å². The Kier molecular flexibility index (Phi) is 3.59. The van der Waals surface area contributed by atoms with Crippen LogP contribution in [0.3, 0.4) is 0 Å². The zero-order valence-corrected chi connectivity index (χ0v) is 10.7. The normalized spacial score (nSPS) is 43.4. The van der Waals surface area contributed by atoms with E-state index in [1.807, 2.05) is 0 Å². The Morgan fingerprint density at radius 2 is 2.00 bits per heavy atom. The highest BCUT2D eigenvalue weighted by molar-refractivity contribution is 7.91. The van der Waals surface area contributed by atoms with E-state index in [0.29, 0.717) is 17.4 Å². The van der Waals surface area contributed by atoms with E-state index in [9.17, 15) is 13.5 Å². The number of aliphatic hydroxyl groups excluding tert-OH is 1. The Morgan fingerprint density at radius 1 is 1.25 bits per heavy atom. The van der Waals surface area contributed by atoms with Gasteiger partial charge in [-0.1, -0.05) is 13.3 Å². The summed E-state index contributed by atoms with van der Waals surface area (Å²) in [5.74, 6) is 1.78. The number of rotatable bonds is 2. The summed E-state index contributed by atoms with van der Waals surface area (Å²) in [5, 5.41) is 10.0. The van der Waals surface area contributed by atoms with Crippen LogP contribution in [0.5, 0.6) is 0 Å². The molecule has 0 aromatic rings. The first-order valence-electron chi connectivity index (χ1n) is 6.40. The summed E-state index contributed by atoms with van der Waals surface area (Å²) in [5.41, 5.74) is 0. The highest BCUT2D eigenvalue weighted by Crippen LogP contribution is 2.39. The fourth-order valence-electron chi connectivity index (χ4n) is 3.32. The minimum absolute atomic E-state index is 0.217. The maximum atomic E-state index is 11.5. The summed E-state index contributed by atoms with van der Waals surface area (Å²) >= 11 is 0. The molecule has 4 atom stereocenters. The van der Waals surface area contributed by atoms with Crippen LogP contribution in [0.15, 0.2) is 0 Å². The van der Waals surface area contributed by atoms with Crippen molar-refractivity contribution in [1.82, 2.24) is 0 Å². The third-order valence-electron chi connectivity index (χ3n) is 4.42. The summed E-state index contributed by atoms with van der Waals surface area (Å²) < 4.78 is 22.9. The SMILES string of the molecule is CCC1CCC(O)C(C2CCS(=O)(=O)C2)C1. The van der Waals surface area contributed by atoms with E-state index in [1.54, 1.807) is 0 Å². The van der Waals surface area contributed by atoms with Crippen molar-refractivity contribution in [3.05, 3.63) is 0 Å². The molecule has 0 spiro atoms. The van der Waals surface area contributed by atoms with Crippen LogP contribution in [-0.4, -0.2) is 31.1 Å². The maximum Gasteiger partial charge on any atom is 0.150 e.